The Morgan fingerprint density at radius 3 is 2.96 bits per heavy atom. The molecule has 0 aliphatic carbocycles. The van der Waals surface area contributed by atoms with Gasteiger partial charge in [0.25, 0.3) is 0 Å². The van der Waals surface area contributed by atoms with Gasteiger partial charge in [-0.1, -0.05) is 12.1 Å². The Balaban J connectivity index is 1.63. The van der Waals surface area contributed by atoms with Crippen molar-refractivity contribution in [2.24, 2.45) is 7.05 Å². The highest BCUT2D eigenvalue weighted by molar-refractivity contribution is 5.47. The SMILES string of the molecule is COc1c([C@@H]2CCCN2Cc2cccc3c2OCCO3)c(C)nn1C. The van der Waals surface area contributed by atoms with Crippen LogP contribution in [0, 0.1) is 6.92 Å². The van der Waals surface area contributed by atoms with E-state index in [1.165, 1.54) is 17.5 Å². The molecule has 0 saturated carbocycles. The number of hydrogen-bond donors (Lipinski definition) is 0. The van der Waals surface area contributed by atoms with E-state index in [-0.39, 0.29) is 0 Å². The monoisotopic (exact) mass is 343 g/mol. The van der Waals surface area contributed by atoms with Crippen molar-refractivity contribution in [2.75, 3.05) is 26.9 Å². The highest BCUT2D eigenvalue weighted by Gasteiger charge is 2.33. The minimum atomic E-state index is 0.323. The molecule has 2 aliphatic rings. The second-order valence-electron chi connectivity index (χ2n) is 6.70. The summed E-state index contributed by atoms with van der Waals surface area (Å²) in [6.45, 7) is 5.20. The Kier molecular flexibility index (Phi) is 4.29. The first-order valence-corrected chi connectivity index (χ1v) is 8.88. The summed E-state index contributed by atoms with van der Waals surface area (Å²) in [7, 11) is 3.66. The summed E-state index contributed by atoms with van der Waals surface area (Å²) in [6.07, 6.45) is 2.30. The van der Waals surface area contributed by atoms with Gasteiger partial charge in [-0.25, -0.2) is 4.68 Å². The molecular weight excluding hydrogens is 318 g/mol. The van der Waals surface area contributed by atoms with Gasteiger partial charge in [-0.3, -0.25) is 4.90 Å². The van der Waals surface area contributed by atoms with Gasteiger partial charge < -0.3 is 14.2 Å². The minimum absolute atomic E-state index is 0.323. The molecule has 6 nitrogen and oxygen atoms in total. The number of benzene rings is 1. The van der Waals surface area contributed by atoms with Gasteiger partial charge in [0.15, 0.2) is 11.5 Å². The third-order valence-corrected chi connectivity index (χ3v) is 5.13. The van der Waals surface area contributed by atoms with Crippen LogP contribution < -0.4 is 14.2 Å². The smallest absolute Gasteiger partial charge is 0.216 e. The van der Waals surface area contributed by atoms with Crippen LogP contribution in [0.5, 0.6) is 17.4 Å². The van der Waals surface area contributed by atoms with Crippen LogP contribution in [0.3, 0.4) is 0 Å². The zero-order valence-electron chi connectivity index (χ0n) is 15.1. The van der Waals surface area contributed by atoms with Crippen LogP contribution in [-0.4, -0.2) is 41.5 Å². The molecule has 0 bridgehead atoms. The van der Waals surface area contributed by atoms with Crippen molar-refractivity contribution in [3.05, 3.63) is 35.0 Å². The molecule has 2 aromatic rings. The molecule has 6 heteroatoms. The predicted octanol–water partition coefficient (Wildman–Crippen LogP) is 2.85. The Morgan fingerprint density at radius 2 is 2.12 bits per heavy atom. The summed E-state index contributed by atoms with van der Waals surface area (Å²) in [5, 5.41) is 4.56. The number of nitrogens with zero attached hydrogens (tertiary/aromatic N) is 3. The van der Waals surface area contributed by atoms with Crippen LogP contribution in [0.15, 0.2) is 18.2 Å². The topological polar surface area (TPSA) is 48.8 Å². The van der Waals surface area contributed by atoms with E-state index in [1.54, 1.807) is 7.11 Å². The Hall–Kier alpha value is -2.21. The first-order valence-electron chi connectivity index (χ1n) is 8.88. The average Bonchev–Trinajstić information content (AvgIpc) is 3.18. The number of ether oxygens (including phenoxy) is 3. The number of aryl methyl sites for hydroxylation is 2. The Bertz CT molecular complexity index is 772. The van der Waals surface area contributed by atoms with E-state index in [1.807, 2.05) is 23.9 Å². The van der Waals surface area contributed by atoms with Crippen LogP contribution in [0.4, 0.5) is 0 Å². The number of methoxy groups -OCH3 is 1. The van der Waals surface area contributed by atoms with Crippen molar-refractivity contribution in [3.8, 4) is 17.4 Å². The lowest BCUT2D eigenvalue weighted by Crippen LogP contribution is -2.25. The van der Waals surface area contributed by atoms with Crippen LogP contribution in [0.1, 0.15) is 35.7 Å². The summed E-state index contributed by atoms with van der Waals surface area (Å²) in [4.78, 5) is 2.50. The number of likely N-dealkylation sites (tertiary alicyclic amines) is 1. The van der Waals surface area contributed by atoms with Crippen molar-refractivity contribution >= 4 is 0 Å². The number of rotatable bonds is 4. The molecule has 25 heavy (non-hydrogen) atoms. The van der Waals surface area contributed by atoms with Crippen LogP contribution >= 0.6 is 0 Å². The summed E-state index contributed by atoms with van der Waals surface area (Å²) in [5.74, 6) is 2.62. The fourth-order valence-corrected chi connectivity index (χ4v) is 4.10. The van der Waals surface area contributed by atoms with E-state index in [9.17, 15) is 0 Å². The van der Waals surface area contributed by atoms with Gasteiger partial charge in [-0.05, 0) is 32.4 Å². The molecule has 0 N–H and O–H groups in total. The van der Waals surface area contributed by atoms with Crippen molar-refractivity contribution in [2.45, 2.75) is 32.4 Å². The molecule has 0 unspecified atom stereocenters. The standard InChI is InChI=1S/C19H25N3O3/c1-13-17(19(23-3)21(2)20-13)15-7-5-9-22(15)12-14-6-4-8-16-18(14)25-11-10-24-16/h4,6,8,15H,5,7,9-12H2,1-3H3/t15-/m0/s1. The van der Waals surface area contributed by atoms with Gasteiger partial charge in [-0.15, -0.1) is 0 Å². The minimum Gasteiger partial charge on any atom is -0.486 e. The lowest BCUT2D eigenvalue weighted by Gasteiger charge is -2.27. The van der Waals surface area contributed by atoms with Gasteiger partial charge >= 0.3 is 0 Å². The van der Waals surface area contributed by atoms with Gasteiger partial charge in [0, 0.05) is 25.2 Å². The van der Waals surface area contributed by atoms with E-state index < -0.39 is 0 Å². The Labute approximate surface area is 148 Å². The number of fused-ring (bicyclic) bond motifs is 1. The molecule has 1 aromatic heterocycles. The number of aromatic nitrogens is 2. The summed E-state index contributed by atoms with van der Waals surface area (Å²) in [6, 6.07) is 6.48. The maximum Gasteiger partial charge on any atom is 0.216 e. The molecule has 0 radical (unpaired) electrons. The van der Waals surface area contributed by atoms with Gasteiger partial charge in [0.05, 0.1) is 18.4 Å². The van der Waals surface area contributed by atoms with Gasteiger partial charge in [-0.2, -0.15) is 5.10 Å². The lowest BCUT2D eigenvalue weighted by molar-refractivity contribution is 0.165. The second kappa shape index (κ2) is 6.59. The van der Waals surface area contributed by atoms with Crippen molar-refractivity contribution in [3.63, 3.8) is 0 Å². The zero-order chi connectivity index (χ0) is 17.4. The largest absolute Gasteiger partial charge is 0.486 e. The van der Waals surface area contributed by atoms with Crippen molar-refractivity contribution in [1.29, 1.82) is 0 Å². The van der Waals surface area contributed by atoms with E-state index in [4.69, 9.17) is 14.2 Å². The second-order valence-corrected chi connectivity index (χ2v) is 6.70. The van der Waals surface area contributed by atoms with Crippen LogP contribution in [-0.2, 0) is 13.6 Å². The first-order chi connectivity index (χ1) is 12.2. The van der Waals surface area contributed by atoms with Crippen LogP contribution in [0.2, 0.25) is 0 Å². The van der Waals surface area contributed by atoms with Crippen LogP contribution in [0.25, 0.3) is 0 Å². The molecule has 134 valence electrons. The first kappa shape index (κ1) is 16.3. The van der Waals surface area contributed by atoms with E-state index in [0.717, 1.165) is 42.6 Å². The molecule has 0 amide bonds. The summed E-state index contributed by atoms with van der Waals surface area (Å²) >= 11 is 0. The third kappa shape index (κ3) is 2.84. The normalized spacial score (nSPS) is 20.0. The number of para-hydroxylation sites is 1. The summed E-state index contributed by atoms with van der Waals surface area (Å²) < 4.78 is 19.1. The molecule has 1 aromatic carbocycles. The molecule has 1 saturated heterocycles. The highest BCUT2D eigenvalue weighted by Crippen LogP contribution is 2.41. The maximum atomic E-state index is 5.89. The fourth-order valence-electron chi connectivity index (χ4n) is 4.10. The average molecular weight is 343 g/mol. The Morgan fingerprint density at radius 1 is 1.28 bits per heavy atom. The van der Waals surface area contributed by atoms with E-state index in [2.05, 4.69) is 23.0 Å². The van der Waals surface area contributed by atoms with Crippen molar-refractivity contribution in [1.82, 2.24) is 14.7 Å². The van der Waals surface area contributed by atoms with Gasteiger partial charge in [0.1, 0.15) is 13.2 Å². The molecule has 0 spiro atoms. The van der Waals surface area contributed by atoms with E-state index in [0.29, 0.717) is 19.3 Å². The van der Waals surface area contributed by atoms with E-state index >= 15 is 0 Å². The lowest BCUT2D eigenvalue weighted by atomic mass is 10.0. The summed E-state index contributed by atoms with van der Waals surface area (Å²) in [5.41, 5.74) is 3.44. The molecule has 2 aliphatic heterocycles. The molecule has 4 rings (SSSR count). The van der Waals surface area contributed by atoms with Gasteiger partial charge in [0.2, 0.25) is 5.88 Å². The fraction of sp³-hybridized carbons (Fsp3) is 0.526. The molecule has 1 fully saturated rings. The highest BCUT2D eigenvalue weighted by atomic mass is 16.6. The molecule has 1 atom stereocenters. The number of hydrogen-bond acceptors (Lipinski definition) is 5. The molecular formula is C19H25N3O3. The maximum absolute atomic E-state index is 5.89. The van der Waals surface area contributed by atoms with Crippen molar-refractivity contribution < 1.29 is 14.2 Å². The third-order valence-electron chi connectivity index (χ3n) is 5.13. The predicted molar refractivity (Wildman–Crippen MR) is 94.3 cm³/mol. The molecule has 3 heterocycles. The quantitative estimate of drug-likeness (QED) is 0.854. The zero-order valence-corrected chi connectivity index (χ0v) is 15.1.